The summed E-state index contributed by atoms with van der Waals surface area (Å²) in [5, 5.41) is 17.7. The molecule has 2 unspecified atom stereocenters. The maximum Gasteiger partial charge on any atom is 0.480 e. The van der Waals surface area contributed by atoms with E-state index >= 15 is 0 Å². The molecule has 4 nitrogen and oxygen atoms in total. The Bertz CT molecular complexity index is 227. The topological polar surface area (TPSA) is 58.9 Å². The highest BCUT2D eigenvalue weighted by molar-refractivity contribution is 6.47. The van der Waals surface area contributed by atoms with Gasteiger partial charge in [-0.1, -0.05) is 38.2 Å². The molecule has 18 heavy (non-hydrogen) atoms. The van der Waals surface area contributed by atoms with Gasteiger partial charge in [0, 0.05) is 6.61 Å². The molecular weight excluding hydrogens is 231 g/mol. The molecule has 0 aromatic carbocycles. The third-order valence-corrected chi connectivity index (χ3v) is 3.05. The Labute approximate surface area is 110 Å². The van der Waals surface area contributed by atoms with Crippen molar-refractivity contribution in [3.8, 4) is 0 Å². The average Bonchev–Trinajstić information content (AvgIpc) is 2.37. The van der Waals surface area contributed by atoms with Gasteiger partial charge in [0.25, 0.3) is 0 Å². The summed E-state index contributed by atoms with van der Waals surface area (Å²) in [6.07, 6.45) is 9.01. The number of ether oxygens (including phenoxy) is 2. The summed E-state index contributed by atoms with van der Waals surface area (Å²) in [6, 6.07) is 0. The molecule has 0 radical (unpaired) electrons. The molecule has 0 aliphatic carbocycles. The predicted molar refractivity (Wildman–Crippen MR) is 71.9 cm³/mol. The van der Waals surface area contributed by atoms with Crippen LogP contribution < -0.4 is 0 Å². The van der Waals surface area contributed by atoms with Gasteiger partial charge >= 0.3 is 7.12 Å². The molecule has 0 aromatic rings. The predicted octanol–water partition coefficient (Wildman–Crippen LogP) is 2.05. The summed E-state index contributed by atoms with van der Waals surface area (Å²) < 4.78 is 11.4. The Hall–Kier alpha value is -0.355. The summed E-state index contributed by atoms with van der Waals surface area (Å²) in [5.74, 6) is 1.36. The number of rotatable bonds is 8. The minimum atomic E-state index is -1.41. The third-order valence-electron chi connectivity index (χ3n) is 3.05. The van der Waals surface area contributed by atoms with Crippen LogP contribution in [0.5, 0.6) is 0 Å². The van der Waals surface area contributed by atoms with Gasteiger partial charge < -0.3 is 19.5 Å². The molecule has 104 valence electrons. The highest BCUT2D eigenvalue weighted by atomic mass is 16.7. The smallest absolute Gasteiger partial charge is 0.424 e. The molecule has 1 rings (SSSR count). The molecular formula is C13H25BO4. The molecule has 1 fully saturated rings. The van der Waals surface area contributed by atoms with Gasteiger partial charge in [-0.05, 0) is 25.7 Å². The van der Waals surface area contributed by atoms with Crippen molar-refractivity contribution in [2.45, 2.75) is 64.3 Å². The van der Waals surface area contributed by atoms with E-state index in [0.29, 0.717) is 0 Å². The normalized spacial score (nSPS) is 22.3. The van der Waals surface area contributed by atoms with Crippen molar-refractivity contribution >= 4 is 7.12 Å². The molecule has 2 atom stereocenters. The first-order valence-electron chi connectivity index (χ1n) is 7.04. The SMILES string of the molecule is CCCCCC(/C=C/B(O)O)OC1CCCCO1. The van der Waals surface area contributed by atoms with Crippen LogP contribution in [0.25, 0.3) is 0 Å². The van der Waals surface area contributed by atoms with Crippen molar-refractivity contribution in [2.75, 3.05) is 6.61 Å². The third kappa shape index (κ3) is 7.16. The van der Waals surface area contributed by atoms with E-state index in [1.807, 2.05) is 0 Å². The van der Waals surface area contributed by atoms with E-state index in [9.17, 15) is 0 Å². The summed E-state index contributed by atoms with van der Waals surface area (Å²) in [7, 11) is -1.41. The van der Waals surface area contributed by atoms with E-state index in [1.54, 1.807) is 6.08 Å². The fourth-order valence-corrected chi connectivity index (χ4v) is 2.04. The second-order valence-corrected chi connectivity index (χ2v) is 4.76. The first-order valence-corrected chi connectivity index (χ1v) is 7.04. The molecule has 2 N–H and O–H groups in total. The van der Waals surface area contributed by atoms with Crippen LogP contribution in [0.1, 0.15) is 51.9 Å². The lowest BCUT2D eigenvalue weighted by Crippen LogP contribution is -2.27. The fourth-order valence-electron chi connectivity index (χ4n) is 2.04. The zero-order chi connectivity index (χ0) is 13.2. The first-order chi connectivity index (χ1) is 8.72. The molecule has 0 saturated carbocycles. The molecule has 1 heterocycles. The van der Waals surface area contributed by atoms with Crippen LogP contribution in [0.15, 0.2) is 12.1 Å². The highest BCUT2D eigenvalue weighted by Gasteiger charge is 2.18. The van der Waals surface area contributed by atoms with Crippen molar-refractivity contribution in [1.29, 1.82) is 0 Å². The minimum absolute atomic E-state index is 0.0820. The molecule has 1 saturated heterocycles. The van der Waals surface area contributed by atoms with Crippen LogP contribution in [0.2, 0.25) is 0 Å². The molecule has 0 amide bonds. The fraction of sp³-hybridized carbons (Fsp3) is 0.846. The van der Waals surface area contributed by atoms with E-state index < -0.39 is 7.12 Å². The lowest BCUT2D eigenvalue weighted by molar-refractivity contribution is -0.179. The zero-order valence-corrected chi connectivity index (χ0v) is 11.3. The summed E-state index contributed by atoms with van der Waals surface area (Å²) in [6.45, 7) is 2.92. The van der Waals surface area contributed by atoms with Crippen molar-refractivity contribution < 1.29 is 19.5 Å². The minimum Gasteiger partial charge on any atom is -0.424 e. The summed E-state index contributed by atoms with van der Waals surface area (Å²) in [5.41, 5.74) is 0. The average molecular weight is 256 g/mol. The number of hydrogen-bond acceptors (Lipinski definition) is 4. The van der Waals surface area contributed by atoms with Gasteiger partial charge in [-0.25, -0.2) is 0 Å². The van der Waals surface area contributed by atoms with Gasteiger partial charge in [-0.3, -0.25) is 0 Å². The molecule has 5 heteroatoms. The van der Waals surface area contributed by atoms with E-state index in [4.69, 9.17) is 19.5 Å². The van der Waals surface area contributed by atoms with Crippen molar-refractivity contribution in [1.82, 2.24) is 0 Å². The Kier molecular flexibility index (Phi) is 8.34. The second-order valence-electron chi connectivity index (χ2n) is 4.76. The lowest BCUT2D eigenvalue weighted by Gasteiger charge is -2.26. The van der Waals surface area contributed by atoms with Gasteiger partial charge in [0.1, 0.15) is 0 Å². The van der Waals surface area contributed by atoms with Crippen LogP contribution in [0.3, 0.4) is 0 Å². The summed E-state index contributed by atoms with van der Waals surface area (Å²) in [4.78, 5) is 0. The quantitative estimate of drug-likeness (QED) is 0.515. The maximum atomic E-state index is 8.86. The maximum absolute atomic E-state index is 8.86. The van der Waals surface area contributed by atoms with E-state index in [2.05, 4.69) is 6.92 Å². The van der Waals surface area contributed by atoms with Crippen LogP contribution >= 0.6 is 0 Å². The van der Waals surface area contributed by atoms with E-state index in [0.717, 1.165) is 38.7 Å². The Morgan fingerprint density at radius 2 is 2.22 bits per heavy atom. The van der Waals surface area contributed by atoms with Crippen LogP contribution in [0.4, 0.5) is 0 Å². The van der Waals surface area contributed by atoms with E-state index in [-0.39, 0.29) is 12.4 Å². The van der Waals surface area contributed by atoms with Gasteiger partial charge in [0.05, 0.1) is 6.10 Å². The Morgan fingerprint density at radius 3 is 2.83 bits per heavy atom. The number of hydrogen-bond donors (Lipinski definition) is 2. The van der Waals surface area contributed by atoms with Crippen LogP contribution in [0, 0.1) is 0 Å². The van der Waals surface area contributed by atoms with E-state index in [1.165, 1.54) is 18.8 Å². The van der Waals surface area contributed by atoms with Crippen LogP contribution in [-0.2, 0) is 9.47 Å². The van der Waals surface area contributed by atoms with Gasteiger partial charge in [-0.2, -0.15) is 0 Å². The first kappa shape index (κ1) is 15.7. The van der Waals surface area contributed by atoms with Gasteiger partial charge in [0.2, 0.25) is 0 Å². The second kappa shape index (κ2) is 9.56. The molecule has 0 spiro atoms. The molecule has 1 aliphatic heterocycles. The zero-order valence-electron chi connectivity index (χ0n) is 11.3. The largest absolute Gasteiger partial charge is 0.480 e. The van der Waals surface area contributed by atoms with Crippen molar-refractivity contribution in [3.63, 3.8) is 0 Å². The molecule has 1 aliphatic rings. The van der Waals surface area contributed by atoms with Crippen LogP contribution in [-0.4, -0.2) is 36.2 Å². The Morgan fingerprint density at radius 1 is 1.39 bits per heavy atom. The van der Waals surface area contributed by atoms with Crippen molar-refractivity contribution in [2.24, 2.45) is 0 Å². The van der Waals surface area contributed by atoms with Gasteiger partial charge in [-0.15, -0.1) is 0 Å². The monoisotopic (exact) mass is 256 g/mol. The standard InChI is InChI=1S/C13H25BO4/c1-2-3-4-7-12(9-10-14(15)16)18-13-8-5-6-11-17-13/h9-10,12-13,15-16H,2-8,11H2,1H3/b10-9+. The number of unbranched alkanes of at least 4 members (excludes halogenated alkanes) is 2. The lowest BCUT2D eigenvalue weighted by atomic mass is 9.90. The molecule has 0 aromatic heterocycles. The molecule has 0 bridgehead atoms. The Balaban J connectivity index is 2.36. The highest BCUT2D eigenvalue weighted by Crippen LogP contribution is 2.18. The van der Waals surface area contributed by atoms with Crippen molar-refractivity contribution in [3.05, 3.63) is 12.1 Å². The summed E-state index contributed by atoms with van der Waals surface area (Å²) >= 11 is 0. The van der Waals surface area contributed by atoms with Gasteiger partial charge in [0.15, 0.2) is 6.29 Å².